The molecule has 0 aromatic heterocycles. The summed E-state index contributed by atoms with van der Waals surface area (Å²) in [5, 5.41) is 14.0. The fourth-order valence-corrected chi connectivity index (χ4v) is 6.79. The van der Waals surface area contributed by atoms with Crippen molar-refractivity contribution in [2.45, 2.75) is 61.4 Å². The first-order chi connectivity index (χ1) is 17.1. The molecule has 4 aliphatic rings. The van der Waals surface area contributed by atoms with Gasteiger partial charge in [-0.25, -0.2) is 0 Å². The van der Waals surface area contributed by atoms with Crippen molar-refractivity contribution in [2.75, 3.05) is 20.6 Å². The maximum absolute atomic E-state index is 12.3. The summed E-state index contributed by atoms with van der Waals surface area (Å²) < 4.78 is 43.3. The molecule has 1 amide bonds. The number of benzene rings is 2. The number of carbonyl (C=O) groups excluding carboxylic acids is 1. The molecule has 6 rings (SSSR count). The highest BCUT2D eigenvalue weighted by molar-refractivity contribution is 5.91. The summed E-state index contributed by atoms with van der Waals surface area (Å²) in [6.07, 6.45) is 3.42. The van der Waals surface area contributed by atoms with E-state index in [0.717, 1.165) is 56.5 Å². The molecule has 1 spiro atoms. The SMILES string of the molecule is CN1CC[C@]23c4c5cccc4O[C@H]2CCC[C@@]3(O)[C@H]1C5.CNC(=O)/C=C/c1cccc(C(F)(F)F)c1. The van der Waals surface area contributed by atoms with Crippen LogP contribution in [0.3, 0.4) is 0 Å². The number of halogens is 3. The highest BCUT2D eigenvalue weighted by Crippen LogP contribution is 2.63. The van der Waals surface area contributed by atoms with Crippen molar-refractivity contribution < 1.29 is 27.8 Å². The Morgan fingerprint density at radius 3 is 2.75 bits per heavy atom. The number of likely N-dealkylation sites (tertiary alicyclic amines) is 1. The fraction of sp³-hybridized carbons (Fsp3) is 0.464. The van der Waals surface area contributed by atoms with Crippen LogP contribution < -0.4 is 10.1 Å². The van der Waals surface area contributed by atoms with Gasteiger partial charge >= 0.3 is 6.18 Å². The zero-order chi connectivity index (χ0) is 25.7. The summed E-state index contributed by atoms with van der Waals surface area (Å²) in [7, 11) is 3.61. The number of likely N-dealkylation sites (N-methyl/N-ethyl adjacent to an activating group) is 2. The second-order valence-corrected chi connectivity index (χ2v) is 10.2. The van der Waals surface area contributed by atoms with E-state index < -0.39 is 17.3 Å². The molecule has 0 unspecified atom stereocenters. The molecular weight excluding hydrogens is 469 g/mol. The van der Waals surface area contributed by atoms with Crippen LogP contribution in [-0.4, -0.2) is 54.3 Å². The zero-order valence-electron chi connectivity index (χ0n) is 20.4. The van der Waals surface area contributed by atoms with E-state index in [4.69, 9.17) is 4.74 Å². The van der Waals surface area contributed by atoms with Crippen molar-refractivity contribution in [2.24, 2.45) is 0 Å². The van der Waals surface area contributed by atoms with Crippen molar-refractivity contribution in [1.29, 1.82) is 0 Å². The van der Waals surface area contributed by atoms with E-state index in [2.05, 4.69) is 35.5 Å². The smallest absolute Gasteiger partial charge is 0.416 e. The zero-order valence-corrected chi connectivity index (χ0v) is 20.4. The van der Waals surface area contributed by atoms with Crippen LogP contribution in [0.15, 0.2) is 48.5 Å². The average molecular weight is 501 g/mol. The van der Waals surface area contributed by atoms with E-state index >= 15 is 0 Å². The van der Waals surface area contributed by atoms with Crippen molar-refractivity contribution >= 4 is 12.0 Å². The Morgan fingerprint density at radius 2 is 2.00 bits per heavy atom. The molecule has 36 heavy (non-hydrogen) atoms. The molecule has 2 bridgehead atoms. The van der Waals surface area contributed by atoms with Gasteiger partial charge in [-0.1, -0.05) is 24.3 Å². The van der Waals surface area contributed by atoms with Gasteiger partial charge < -0.3 is 20.1 Å². The lowest BCUT2D eigenvalue weighted by molar-refractivity contribution is -0.180. The Kier molecular flexibility index (Phi) is 6.16. The number of piperidine rings is 1. The number of nitrogens with zero attached hydrogens (tertiary/aromatic N) is 1. The number of nitrogens with one attached hydrogen (secondary N) is 1. The first kappa shape index (κ1) is 24.8. The third-order valence-electron chi connectivity index (χ3n) is 8.42. The van der Waals surface area contributed by atoms with E-state index in [1.165, 1.54) is 42.5 Å². The number of alkyl halides is 3. The highest BCUT2D eigenvalue weighted by Gasteiger charge is 2.70. The quantitative estimate of drug-likeness (QED) is 0.603. The topological polar surface area (TPSA) is 61.8 Å². The van der Waals surface area contributed by atoms with Crippen LogP contribution in [0.1, 0.15) is 47.9 Å². The summed E-state index contributed by atoms with van der Waals surface area (Å²) in [6.45, 7) is 1.07. The number of hydrogen-bond acceptors (Lipinski definition) is 4. The van der Waals surface area contributed by atoms with Crippen LogP contribution in [0.2, 0.25) is 0 Å². The molecule has 0 radical (unpaired) electrons. The van der Waals surface area contributed by atoms with Gasteiger partial charge in [0.05, 0.1) is 16.6 Å². The second-order valence-electron chi connectivity index (χ2n) is 10.2. The molecular formula is C28H31F3N2O3. The van der Waals surface area contributed by atoms with Crippen molar-refractivity contribution in [3.8, 4) is 5.75 Å². The minimum Gasteiger partial charge on any atom is -0.489 e. The number of hydrogen-bond donors (Lipinski definition) is 2. The lowest BCUT2D eigenvalue weighted by atomic mass is 9.49. The normalized spacial score (nSPS) is 30.2. The Bertz CT molecular complexity index is 1200. The minimum atomic E-state index is -4.36. The first-order valence-electron chi connectivity index (χ1n) is 12.4. The number of amides is 1. The molecule has 1 saturated carbocycles. The van der Waals surface area contributed by atoms with Gasteiger partial charge in [0.25, 0.3) is 0 Å². The van der Waals surface area contributed by atoms with Gasteiger partial charge in [0, 0.05) is 24.7 Å². The van der Waals surface area contributed by atoms with E-state index in [9.17, 15) is 23.1 Å². The van der Waals surface area contributed by atoms with Crippen LogP contribution in [0, 0.1) is 0 Å². The summed E-state index contributed by atoms with van der Waals surface area (Å²) in [6, 6.07) is 11.5. The van der Waals surface area contributed by atoms with Crippen molar-refractivity contribution in [1.82, 2.24) is 10.2 Å². The van der Waals surface area contributed by atoms with Gasteiger partial charge in [0.2, 0.25) is 5.91 Å². The van der Waals surface area contributed by atoms with Crippen molar-refractivity contribution in [3.05, 3.63) is 70.8 Å². The lowest BCUT2D eigenvalue weighted by Crippen LogP contribution is -2.74. The summed E-state index contributed by atoms with van der Waals surface area (Å²) >= 11 is 0. The molecule has 8 heteroatoms. The van der Waals surface area contributed by atoms with Crippen LogP contribution in [0.25, 0.3) is 6.08 Å². The van der Waals surface area contributed by atoms with Crippen LogP contribution in [0.4, 0.5) is 13.2 Å². The van der Waals surface area contributed by atoms with E-state index in [1.54, 1.807) is 0 Å². The maximum Gasteiger partial charge on any atom is 0.416 e. The van der Waals surface area contributed by atoms with Crippen LogP contribution in [-0.2, 0) is 22.8 Å². The Hall–Kier alpha value is -2.84. The number of aliphatic hydroxyl groups is 1. The standard InChI is InChI=1S/C17H21NO2.C11H10F3NO/c1-18-9-8-16-14-6-3-7-17(16,19)13(18)10-11-4-2-5-12(20-14)15(11)16;1-15-10(16)6-5-8-3-2-4-9(7-8)11(12,13)14/h2,4-5,13-14,19H,3,6-10H2,1H3;2-7H,1H3,(H,15,16)/b;6-5+/t13-,14+,16-,17-;/m1./s1. The average Bonchev–Trinajstić information content (AvgIpc) is 3.19. The number of ether oxygens (including phenoxy) is 1. The van der Waals surface area contributed by atoms with Crippen molar-refractivity contribution in [3.63, 3.8) is 0 Å². The molecule has 2 aromatic rings. The van der Waals surface area contributed by atoms with Gasteiger partial charge in [-0.05, 0) is 81.1 Å². The summed E-state index contributed by atoms with van der Waals surface area (Å²) in [5.41, 5.74) is 1.64. The van der Waals surface area contributed by atoms with E-state index in [-0.39, 0.29) is 23.5 Å². The molecule has 2 N–H and O–H groups in total. The van der Waals surface area contributed by atoms with Crippen LogP contribution >= 0.6 is 0 Å². The molecule has 4 atom stereocenters. The third kappa shape index (κ3) is 3.82. The molecule has 5 nitrogen and oxygen atoms in total. The van der Waals surface area contributed by atoms with Gasteiger partial charge in [-0.3, -0.25) is 4.79 Å². The molecule has 2 aromatic carbocycles. The Balaban J connectivity index is 0.000000153. The third-order valence-corrected chi connectivity index (χ3v) is 8.42. The van der Waals surface area contributed by atoms with E-state index in [0.29, 0.717) is 5.56 Å². The summed E-state index contributed by atoms with van der Waals surface area (Å²) in [5.74, 6) is 0.688. The van der Waals surface area contributed by atoms with Gasteiger partial charge in [-0.2, -0.15) is 13.2 Å². The monoisotopic (exact) mass is 500 g/mol. The lowest BCUT2D eigenvalue weighted by Gasteiger charge is -2.62. The molecule has 2 aliphatic carbocycles. The molecule has 192 valence electrons. The number of carbonyl (C=O) groups is 1. The maximum atomic E-state index is 12.3. The first-order valence-corrected chi connectivity index (χ1v) is 12.4. The molecule has 1 saturated heterocycles. The molecule has 2 aliphatic heterocycles. The van der Waals surface area contributed by atoms with Gasteiger partial charge in [0.15, 0.2) is 0 Å². The molecule has 2 heterocycles. The summed E-state index contributed by atoms with van der Waals surface area (Å²) in [4.78, 5) is 13.2. The van der Waals surface area contributed by atoms with Gasteiger partial charge in [0.1, 0.15) is 11.9 Å². The second kappa shape index (κ2) is 8.92. The Labute approximate surface area is 208 Å². The Morgan fingerprint density at radius 1 is 1.22 bits per heavy atom. The highest BCUT2D eigenvalue weighted by atomic mass is 19.4. The molecule has 2 fully saturated rings. The number of rotatable bonds is 2. The largest absolute Gasteiger partial charge is 0.489 e. The predicted molar refractivity (Wildman–Crippen MR) is 131 cm³/mol. The van der Waals surface area contributed by atoms with Gasteiger partial charge in [-0.15, -0.1) is 0 Å². The van der Waals surface area contributed by atoms with E-state index in [1.807, 2.05) is 0 Å². The fourth-order valence-electron chi connectivity index (χ4n) is 6.79. The van der Waals surface area contributed by atoms with Crippen LogP contribution in [0.5, 0.6) is 5.75 Å². The predicted octanol–water partition coefficient (Wildman–Crippen LogP) is 4.33. The minimum absolute atomic E-state index is 0.132.